The van der Waals surface area contributed by atoms with Crippen molar-refractivity contribution >= 4 is 43.5 Å². The highest BCUT2D eigenvalue weighted by Crippen LogP contribution is 2.21. The highest BCUT2D eigenvalue weighted by atomic mass is 32.2. The molecule has 140 valence electrons. The highest BCUT2D eigenvalue weighted by molar-refractivity contribution is 7.90. The fourth-order valence-electron chi connectivity index (χ4n) is 2.85. The Labute approximate surface area is 166 Å². The first kappa shape index (κ1) is 18.3. The number of rotatable bonds is 5. The number of amides is 1. The maximum absolute atomic E-state index is 12.5. The Kier molecular flexibility index (Phi) is 4.93. The zero-order chi connectivity index (χ0) is 19.6. The van der Waals surface area contributed by atoms with Crippen LogP contribution in [0.25, 0.3) is 10.8 Å². The molecule has 0 fully saturated rings. The van der Waals surface area contributed by atoms with Gasteiger partial charge in [0.2, 0.25) is 0 Å². The number of fused-ring (bicyclic) bond motifs is 1. The highest BCUT2D eigenvalue weighted by Gasteiger charge is 2.17. The average molecular weight is 409 g/mol. The lowest BCUT2D eigenvalue weighted by Gasteiger charge is -2.08. The lowest BCUT2D eigenvalue weighted by Crippen LogP contribution is -2.12. The summed E-state index contributed by atoms with van der Waals surface area (Å²) < 4.78 is 24.9. The fraction of sp³-hybridized carbons (Fsp3) is 0.0476. The van der Waals surface area contributed by atoms with Gasteiger partial charge in [-0.25, -0.2) is 13.4 Å². The molecule has 0 bridgehead atoms. The van der Waals surface area contributed by atoms with Gasteiger partial charge < -0.3 is 5.32 Å². The van der Waals surface area contributed by atoms with Gasteiger partial charge in [-0.15, -0.1) is 11.3 Å². The van der Waals surface area contributed by atoms with E-state index >= 15 is 0 Å². The monoisotopic (exact) mass is 408 g/mol. The summed E-state index contributed by atoms with van der Waals surface area (Å²) in [6.45, 7) is 0. The third kappa shape index (κ3) is 3.95. The quantitative estimate of drug-likeness (QED) is 0.527. The summed E-state index contributed by atoms with van der Waals surface area (Å²) in [5, 5.41) is 7.15. The van der Waals surface area contributed by atoms with E-state index in [1.54, 1.807) is 29.8 Å². The van der Waals surface area contributed by atoms with Gasteiger partial charge in [-0.3, -0.25) is 4.79 Å². The van der Waals surface area contributed by atoms with Crippen molar-refractivity contribution in [1.82, 2.24) is 4.98 Å². The van der Waals surface area contributed by atoms with Crippen LogP contribution in [-0.2, 0) is 15.6 Å². The zero-order valence-electron chi connectivity index (χ0n) is 14.7. The summed E-state index contributed by atoms with van der Waals surface area (Å²) in [5.74, 6) is -0.378. The first-order chi connectivity index (χ1) is 13.5. The molecule has 0 atom stereocenters. The van der Waals surface area contributed by atoms with Crippen molar-refractivity contribution in [3.8, 4) is 0 Å². The molecule has 0 aliphatic carbocycles. The molecule has 1 amide bonds. The minimum atomic E-state index is -3.47. The maximum atomic E-state index is 12.5. The van der Waals surface area contributed by atoms with Gasteiger partial charge >= 0.3 is 0 Å². The van der Waals surface area contributed by atoms with Gasteiger partial charge in [-0.2, -0.15) is 0 Å². The summed E-state index contributed by atoms with van der Waals surface area (Å²) in [6, 6.07) is 19.5. The van der Waals surface area contributed by atoms with Gasteiger partial charge in [0.1, 0.15) is 10.8 Å². The van der Waals surface area contributed by atoms with Crippen LogP contribution in [0.4, 0.5) is 5.69 Å². The largest absolute Gasteiger partial charge is 0.322 e. The predicted octanol–water partition coefficient (Wildman–Crippen LogP) is 4.52. The Hall–Kier alpha value is -3.03. The van der Waals surface area contributed by atoms with Crippen LogP contribution in [0, 0.1) is 0 Å². The molecular weight excluding hydrogens is 392 g/mol. The fourth-order valence-corrected chi connectivity index (χ4v) is 5.10. The standard InChI is InChI=1S/C21H16N2O3S2/c24-21(17-6-5-15-3-1-2-4-16(15)13-17)23-18-7-9-19(10-8-18)28(25,26)14-20-22-11-12-27-20/h1-13H,14H2,(H,23,24). The van der Waals surface area contributed by atoms with Crippen LogP contribution in [0.3, 0.4) is 0 Å². The van der Waals surface area contributed by atoms with Crippen molar-refractivity contribution in [2.75, 3.05) is 5.32 Å². The smallest absolute Gasteiger partial charge is 0.255 e. The number of aromatic nitrogens is 1. The molecule has 0 saturated carbocycles. The van der Waals surface area contributed by atoms with Crippen LogP contribution in [0.2, 0.25) is 0 Å². The van der Waals surface area contributed by atoms with Crippen LogP contribution in [-0.4, -0.2) is 19.3 Å². The van der Waals surface area contributed by atoms with Crippen molar-refractivity contribution in [2.45, 2.75) is 10.6 Å². The number of hydrogen-bond acceptors (Lipinski definition) is 5. The van der Waals surface area contributed by atoms with E-state index in [4.69, 9.17) is 0 Å². The van der Waals surface area contributed by atoms with Crippen molar-refractivity contribution in [2.24, 2.45) is 0 Å². The Balaban J connectivity index is 1.49. The second kappa shape index (κ2) is 7.53. The van der Waals surface area contributed by atoms with Crippen LogP contribution in [0.1, 0.15) is 15.4 Å². The predicted molar refractivity (Wildman–Crippen MR) is 111 cm³/mol. The van der Waals surface area contributed by atoms with Gasteiger partial charge in [0.15, 0.2) is 9.84 Å². The number of hydrogen-bond donors (Lipinski definition) is 1. The zero-order valence-corrected chi connectivity index (χ0v) is 16.3. The number of sulfone groups is 1. The number of carbonyl (C=O) groups is 1. The van der Waals surface area contributed by atoms with E-state index < -0.39 is 9.84 Å². The Morgan fingerprint density at radius 1 is 0.964 bits per heavy atom. The van der Waals surface area contributed by atoms with E-state index in [1.165, 1.54) is 23.5 Å². The molecule has 0 saturated heterocycles. The minimum absolute atomic E-state index is 0.131. The van der Waals surface area contributed by atoms with Crippen LogP contribution in [0.15, 0.2) is 83.2 Å². The van der Waals surface area contributed by atoms with Crippen molar-refractivity contribution in [3.05, 3.63) is 88.9 Å². The Morgan fingerprint density at radius 3 is 2.43 bits per heavy atom. The number of anilines is 1. The molecular formula is C21H16N2O3S2. The third-order valence-corrected chi connectivity index (χ3v) is 6.89. The van der Waals surface area contributed by atoms with E-state index in [2.05, 4.69) is 10.3 Å². The topological polar surface area (TPSA) is 76.1 Å². The third-order valence-electron chi connectivity index (χ3n) is 4.28. The van der Waals surface area contributed by atoms with Crippen molar-refractivity contribution in [1.29, 1.82) is 0 Å². The Bertz CT molecular complexity index is 1230. The lowest BCUT2D eigenvalue weighted by atomic mass is 10.1. The number of benzene rings is 3. The molecule has 5 nitrogen and oxygen atoms in total. The summed E-state index contributed by atoms with van der Waals surface area (Å²) in [4.78, 5) is 16.7. The van der Waals surface area contributed by atoms with Gasteiger partial charge in [-0.05, 0) is 47.2 Å². The first-order valence-corrected chi connectivity index (χ1v) is 11.1. The number of carbonyl (C=O) groups excluding carboxylic acids is 1. The van der Waals surface area contributed by atoms with Crippen LogP contribution in [0.5, 0.6) is 0 Å². The van der Waals surface area contributed by atoms with E-state index in [9.17, 15) is 13.2 Å². The summed E-state index contributed by atoms with van der Waals surface area (Å²) in [7, 11) is -3.47. The molecule has 4 aromatic rings. The second-order valence-electron chi connectivity index (χ2n) is 6.23. The summed E-state index contributed by atoms with van der Waals surface area (Å²) in [6.07, 6.45) is 1.58. The van der Waals surface area contributed by atoms with Crippen LogP contribution >= 0.6 is 11.3 Å². The molecule has 1 heterocycles. The molecule has 28 heavy (non-hydrogen) atoms. The normalized spacial score (nSPS) is 11.4. The first-order valence-electron chi connectivity index (χ1n) is 8.53. The molecule has 0 aliphatic rings. The van der Waals surface area contributed by atoms with Crippen LogP contribution < -0.4 is 5.32 Å². The van der Waals surface area contributed by atoms with E-state index in [-0.39, 0.29) is 16.6 Å². The molecule has 1 N–H and O–H groups in total. The molecule has 3 aromatic carbocycles. The molecule has 0 radical (unpaired) electrons. The van der Waals surface area contributed by atoms with E-state index in [1.807, 2.05) is 36.4 Å². The van der Waals surface area contributed by atoms with E-state index in [0.717, 1.165) is 10.8 Å². The number of nitrogens with zero attached hydrogens (tertiary/aromatic N) is 1. The number of thiazole rings is 1. The second-order valence-corrected chi connectivity index (χ2v) is 9.19. The molecule has 0 unspecified atom stereocenters. The molecule has 0 aliphatic heterocycles. The van der Waals surface area contributed by atoms with Gasteiger partial charge in [0.25, 0.3) is 5.91 Å². The lowest BCUT2D eigenvalue weighted by molar-refractivity contribution is 0.102. The summed E-state index contributed by atoms with van der Waals surface area (Å²) >= 11 is 1.31. The average Bonchev–Trinajstić information content (AvgIpc) is 3.20. The minimum Gasteiger partial charge on any atom is -0.322 e. The van der Waals surface area contributed by atoms with Crippen molar-refractivity contribution < 1.29 is 13.2 Å². The van der Waals surface area contributed by atoms with Crippen molar-refractivity contribution in [3.63, 3.8) is 0 Å². The molecule has 4 rings (SSSR count). The van der Waals surface area contributed by atoms with E-state index in [0.29, 0.717) is 16.3 Å². The summed E-state index contributed by atoms with van der Waals surface area (Å²) in [5.41, 5.74) is 1.07. The number of nitrogens with one attached hydrogen (secondary N) is 1. The van der Waals surface area contributed by atoms with Gasteiger partial charge in [0, 0.05) is 22.8 Å². The van der Waals surface area contributed by atoms with Gasteiger partial charge in [0.05, 0.1) is 4.90 Å². The molecule has 1 aromatic heterocycles. The Morgan fingerprint density at radius 2 is 1.71 bits per heavy atom. The maximum Gasteiger partial charge on any atom is 0.255 e. The molecule has 0 spiro atoms. The SMILES string of the molecule is O=C(Nc1ccc(S(=O)(=O)Cc2nccs2)cc1)c1ccc2ccccc2c1. The van der Waals surface area contributed by atoms with Gasteiger partial charge in [-0.1, -0.05) is 30.3 Å². The molecule has 7 heteroatoms.